The van der Waals surface area contributed by atoms with Crippen molar-refractivity contribution in [3.8, 4) is 5.75 Å². The molecule has 0 aliphatic carbocycles. The molecule has 0 saturated carbocycles. The van der Waals surface area contributed by atoms with E-state index in [9.17, 15) is 4.79 Å². The number of allylic oxidation sites excluding steroid dienone is 1. The first-order valence-corrected chi connectivity index (χ1v) is 6.45. The maximum Gasteiger partial charge on any atom is 0.310 e. The molecule has 1 aromatic heterocycles. The third kappa shape index (κ3) is 2.41. The molecule has 1 aromatic carbocycles. The average Bonchev–Trinajstić information content (AvgIpc) is 2.72. The molecule has 2 aromatic rings. The van der Waals surface area contributed by atoms with Crippen molar-refractivity contribution in [1.29, 1.82) is 0 Å². The number of esters is 1. The van der Waals surface area contributed by atoms with Crippen molar-refractivity contribution in [2.24, 2.45) is 0 Å². The van der Waals surface area contributed by atoms with Crippen LogP contribution in [0.5, 0.6) is 5.75 Å². The Morgan fingerprint density at radius 3 is 2.75 bits per heavy atom. The molecule has 0 unspecified atom stereocenters. The SMILES string of the molecule is C=CCn1c(C)c(CC(=O)OC)c2cc(OC)ccc21. The van der Waals surface area contributed by atoms with Crippen LogP contribution in [0.1, 0.15) is 11.3 Å². The molecule has 4 nitrogen and oxygen atoms in total. The Morgan fingerprint density at radius 2 is 2.15 bits per heavy atom. The van der Waals surface area contributed by atoms with Crippen molar-refractivity contribution < 1.29 is 14.3 Å². The summed E-state index contributed by atoms with van der Waals surface area (Å²) in [6.45, 7) is 6.50. The quantitative estimate of drug-likeness (QED) is 0.621. The molecule has 0 aliphatic heterocycles. The predicted molar refractivity (Wildman–Crippen MR) is 79.1 cm³/mol. The van der Waals surface area contributed by atoms with Crippen LogP contribution in [-0.2, 0) is 22.5 Å². The van der Waals surface area contributed by atoms with Gasteiger partial charge in [-0.25, -0.2) is 0 Å². The van der Waals surface area contributed by atoms with Gasteiger partial charge in [0.1, 0.15) is 5.75 Å². The fourth-order valence-corrected chi connectivity index (χ4v) is 2.46. The van der Waals surface area contributed by atoms with E-state index in [2.05, 4.69) is 11.1 Å². The first kappa shape index (κ1) is 14.2. The molecule has 0 aliphatic rings. The van der Waals surface area contributed by atoms with Crippen LogP contribution < -0.4 is 4.74 Å². The molecule has 106 valence electrons. The maximum absolute atomic E-state index is 11.6. The van der Waals surface area contributed by atoms with E-state index in [4.69, 9.17) is 9.47 Å². The van der Waals surface area contributed by atoms with Crippen molar-refractivity contribution in [3.63, 3.8) is 0 Å². The van der Waals surface area contributed by atoms with E-state index < -0.39 is 0 Å². The lowest BCUT2D eigenvalue weighted by atomic mass is 10.1. The second-order valence-corrected chi connectivity index (χ2v) is 4.60. The molecule has 0 N–H and O–H groups in total. The van der Waals surface area contributed by atoms with Crippen molar-refractivity contribution in [2.75, 3.05) is 14.2 Å². The van der Waals surface area contributed by atoms with Gasteiger partial charge in [-0.1, -0.05) is 6.08 Å². The minimum absolute atomic E-state index is 0.242. The summed E-state index contributed by atoms with van der Waals surface area (Å²) in [7, 11) is 3.04. The maximum atomic E-state index is 11.6. The second-order valence-electron chi connectivity index (χ2n) is 4.60. The monoisotopic (exact) mass is 273 g/mol. The van der Waals surface area contributed by atoms with E-state index in [1.807, 2.05) is 31.2 Å². The summed E-state index contributed by atoms with van der Waals surface area (Å²) in [5.41, 5.74) is 3.10. The van der Waals surface area contributed by atoms with Gasteiger partial charge in [0.15, 0.2) is 0 Å². The van der Waals surface area contributed by atoms with Crippen LogP contribution in [-0.4, -0.2) is 24.8 Å². The summed E-state index contributed by atoms with van der Waals surface area (Å²) in [4.78, 5) is 11.6. The Kier molecular flexibility index (Phi) is 4.13. The highest BCUT2D eigenvalue weighted by Crippen LogP contribution is 2.30. The topological polar surface area (TPSA) is 40.5 Å². The molecule has 0 amide bonds. The zero-order valence-corrected chi connectivity index (χ0v) is 12.1. The molecule has 0 bridgehead atoms. The Morgan fingerprint density at radius 1 is 1.40 bits per heavy atom. The first-order valence-electron chi connectivity index (χ1n) is 6.45. The third-order valence-corrected chi connectivity index (χ3v) is 3.52. The summed E-state index contributed by atoms with van der Waals surface area (Å²) in [6, 6.07) is 5.88. The largest absolute Gasteiger partial charge is 0.497 e. The van der Waals surface area contributed by atoms with Crippen LogP contribution >= 0.6 is 0 Å². The van der Waals surface area contributed by atoms with Crippen LogP contribution in [0, 0.1) is 6.92 Å². The molecule has 20 heavy (non-hydrogen) atoms. The molecule has 0 saturated heterocycles. The first-order chi connectivity index (χ1) is 9.62. The molecule has 1 heterocycles. The lowest BCUT2D eigenvalue weighted by Gasteiger charge is -2.05. The highest BCUT2D eigenvalue weighted by atomic mass is 16.5. The van der Waals surface area contributed by atoms with Crippen molar-refractivity contribution in [3.05, 3.63) is 42.1 Å². The van der Waals surface area contributed by atoms with Gasteiger partial charge in [0.25, 0.3) is 0 Å². The number of fused-ring (bicyclic) bond motifs is 1. The molecule has 0 fully saturated rings. The summed E-state index contributed by atoms with van der Waals surface area (Å²) in [6.07, 6.45) is 2.11. The number of aromatic nitrogens is 1. The van der Waals surface area contributed by atoms with Crippen molar-refractivity contribution >= 4 is 16.9 Å². The standard InChI is InChI=1S/C16H19NO3/c1-5-8-17-11(2)13(10-16(18)20-4)14-9-12(19-3)6-7-15(14)17/h5-7,9H,1,8,10H2,2-4H3. The van der Waals surface area contributed by atoms with Gasteiger partial charge in [-0.05, 0) is 30.7 Å². The van der Waals surface area contributed by atoms with Crippen LogP contribution in [0.15, 0.2) is 30.9 Å². The van der Waals surface area contributed by atoms with E-state index in [-0.39, 0.29) is 12.4 Å². The number of hydrogen-bond donors (Lipinski definition) is 0. The summed E-state index contributed by atoms with van der Waals surface area (Å²) in [5, 5.41) is 1.02. The highest BCUT2D eigenvalue weighted by molar-refractivity contribution is 5.90. The average molecular weight is 273 g/mol. The van der Waals surface area contributed by atoms with E-state index in [0.29, 0.717) is 6.54 Å². The minimum atomic E-state index is -0.242. The zero-order chi connectivity index (χ0) is 14.7. The van der Waals surface area contributed by atoms with Gasteiger partial charge in [-0.3, -0.25) is 4.79 Å². The van der Waals surface area contributed by atoms with E-state index >= 15 is 0 Å². The number of methoxy groups -OCH3 is 2. The van der Waals surface area contributed by atoms with Gasteiger partial charge in [0.05, 0.1) is 20.6 Å². The number of carbonyl (C=O) groups excluding carboxylic acids is 1. The fourth-order valence-electron chi connectivity index (χ4n) is 2.46. The Balaban J connectivity index is 2.65. The van der Waals surface area contributed by atoms with Gasteiger partial charge in [-0.2, -0.15) is 0 Å². The molecule has 2 rings (SSSR count). The zero-order valence-electron chi connectivity index (χ0n) is 12.1. The Labute approximate surface area is 118 Å². The number of rotatable bonds is 5. The lowest BCUT2D eigenvalue weighted by molar-refractivity contribution is -0.139. The van der Waals surface area contributed by atoms with Crippen LogP contribution in [0.4, 0.5) is 0 Å². The Hall–Kier alpha value is -2.23. The van der Waals surface area contributed by atoms with Crippen molar-refractivity contribution in [2.45, 2.75) is 19.9 Å². The molecule has 0 spiro atoms. The normalized spacial score (nSPS) is 10.6. The Bertz CT molecular complexity index is 655. The smallest absolute Gasteiger partial charge is 0.310 e. The molecule has 4 heteroatoms. The van der Waals surface area contributed by atoms with E-state index in [1.165, 1.54) is 7.11 Å². The van der Waals surface area contributed by atoms with Gasteiger partial charge in [0, 0.05) is 23.1 Å². The number of carbonyl (C=O) groups is 1. The summed E-state index contributed by atoms with van der Waals surface area (Å²) >= 11 is 0. The highest BCUT2D eigenvalue weighted by Gasteiger charge is 2.17. The number of nitrogens with zero attached hydrogens (tertiary/aromatic N) is 1. The van der Waals surface area contributed by atoms with E-state index in [1.54, 1.807) is 7.11 Å². The number of ether oxygens (including phenoxy) is 2. The second kappa shape index (κ2) is 5.82. The van der Waals surface area contributed by atoms with E-state index in [0.717, 1.165) is 27.9 Å². The summed E-state index contributed by atoms with van der Waals surface area (Å²) < 4.78 is 12.2. The van der Waals surface area contributed by atoms with Crippen LogP contribution in [0.2, 0.25) is 0 Å². The van der Waals surface area contributed by atoms with Crippen LogP contribution in [0.3, 0.4) is 0 Å². The minimum Gasteiger partial charge on any atom is -0.497 e. The van der Waals surface area contributed by atoms with Gasteiger partial charge in [0.2, 0.25) is 0 Å². The molecule has 0 atom stereocenters. The number of hydrogen-bond acceptors (Lipinski definition) is 3. The van der Waals surface area contributed by atoms with Crippen LogP contribution in [0.25, 0.3) is 10.9 Å². The van der Waals surface area contributed by atoms with Crippen molar-refractivity contribution in [1.82, 2.24) is 4.57 Å². The lowest BCUT2D eigenvalue weighted by Crippen LogP contribution is -2.06. The molecule has 0 radical (unpaired) electrons. The van der Waals surface area contributed by atoms with Gasteiger partial charge >= 0.3 is 5.97 Å². The molecular weight excluding hydrogens is 254 g/mol. The summed E-state index contributed by atoms with van der Waals surface area (Å²) in [5.74, 6) is 0.535. The fraction of sp³-hybridized carbons (Fsp3) is 0.312. The third-order valence-electron chi connectivity index (χ3n) is 3.52. The predicted octanol–water partition coefficient (Wildman–Crippen LogP) is 2.86. The van der Waals surface area contributed by atoms with Gasteiger partial charge < -0.3 is 14.0 Å². The van der Waals surface area contributed by atoms with Gasteiger partial charge in [-0.15, -0.1) is 6.58 Å². The number of benzene rings is 1. The molecular formula is C16H19NO3.